The molecule has 3 aromatic carbocycles. The van der Waals surface area contributed by atoms with Crippen molar-refractivity contribution in [2.45, 2.75) is 44.4 Å². The van der Waals surface area contributed by atoms with Gasteiger partial charge in [0.1, 0.15) is 23.8 Å². The molecule has 0 aliphatic carbocycles. The summed E-state index contributed by atoms with van der Waals surface area (Å²) in [5, 5.41) is 4.07. The monoisotopic (exact) mass is 656 g/mol. The van der Waals surface area contributed by atoms with Crippen molar-refractivity contribution in [1.82, 2.24) is 19.9 Å². The van der Waals surface area contributed by atoms with E-state index in [-0.39, 0.29) is 30.4 Å². The lowest BCUT2D eigenvalue weighted by Gasteiger charge is -2.28. The molecule has 244 valence electrons. The Labute approximate surface area is 273 Å². The highest BCUT2D eigenvalue weighted by Crippen LogP contribution is 2.30. The molecule has 12 heteroatoms. The Morgan fingerprint density at radius 3 is 2.32 bits per heavy atom. The van der Waals surface area contributed by atoms with Crippen LogP contribution in [0.5, 0.6) is 0 Å². The number of carbonyl (C=O) groups is 3. The average Bonchev–Trinajstić information content (AvgIpc) is 3.44. The number of amides is 2. The zero-order valence-corrected chi connectivity index (χ0v) is 26.9. The Hall–Kier alpha value is -5.07. The molecule has 1 unspecified atom stereocenters. The molecule has 0 fully saturated rings. The summed E-state index contributed by atoms with van der Waals surface area (Å²) in [5.74, 6) is -1.02. The van der Waals surface area contributed by atoms with Gasteiger partial charge < -0.3 is 19.4 Å². The number of pyridine rings is 1. The molecular weight excluding hydrogens is 620 g/mol. The lowest BCUT2D eigenvalue weighted by atomic mass is 10.0. The number of aromatic nitrogens is 1. The SMILES string of the molecule is CC(C)CC(NC(=O)OCc1ccccc1)C(=O)N(CC(=O)CNS(=O)(=O)c1ccc2oc3ccccc3c2c1)Cc1ccncc1. The number of nitrogens with one attached hydrogen (secondary N) is 2. The van der Waals surface area contributed by atoms with Gasteiger partial charge in [0.15, 0.2) is 5.78 Å². The molecule has 2 N–H and O–H groups in total. The molecular formula is C35H36N4O7S. The number of fused-ring (bicyclic) bond motifs is 3. The highest BCUT2D eigenvalue weighted by molar-refractivity contribution is 7.89. The predicted molar refractivity (Wildman–Crippen MR) is 177 cm³/mol. The number of alkyl carbamates (subject to hydrolysis) is 1. The van der Waals surface area contributed by atoms with Crippen LogP contribution in [0.4, 0.5) is 4.79 Å². The molecule has 2 aromatic heterocycles. The zero-order valence-electron chi connectivity index (χ0n) is 26.1. The van der Waals surface area contributed by atoms with E-state index in [1.165, 1.54) is 17.0 Å². The van der Waals surface area contributed by atoms with Crippen molar-refractivity contribution < 1.29 is 32.0 Å². The second-order valence-electron chi connectivity index (χ2n) is 11.6. The van der Waals surface area contributed by atoms with Gasteiger partial charge in [0.05, 0.1) is 18.0 Å². The number of rotatable bonds is 14. The van der Waals surface area contributed by atoms with E-state index < -0.39 is 46.9 Å². The third kappa shape index (κ3) is 8.81. The van der Waals surface area contributed by atoms with Crippen molar-refractivity contribution in [2.75, 3.05) is 13.1 Å². The Morgan fingerprint density at radius 2 is 1.57 bits per heavy atom. The van der Waals surface area contributed by atoms with E-state index in [0.717, 1.165) is 10.9 Å². The minimum Gasteiger partial charge on any atom is -0.456 e. The van der Waals surface area contributed by atoms with E-state index >= 15 is 0 Å². The van der Waals surface area contributed by atoms with Crippen molar-refractivity contribution in [1.29, 1.82) is 0 Å². The number of carbonyl (C=O) groups excluding carboxylic acids is 3. The summed E-state index contributed by atoms with van der Waals surface area (Å²) in [6.45, 7) is 2.94. The van der Waals surface area contributed by atoms with Gasteiger partial charge in [-0.3, -0.25) is 14.6 Å². The van der Waals surface area contributed by atoms with Crippen LogP contribution in [0.25, 0.3) is 21.9 Å². The van der Waals surface area contributed by atoms with E-state index in [2.05, 4.69) is 15.0 Å². The second-order valence-corrected chi connectivity index (χ2v) is 13.3. The molecule has 0 spiro atoms. The summed E-state index contributed by atoms with van der Waals surface area (Å²) in [6, 6.07) is 23.4. The van der Waals surface area contributed by atoms with E-state index in [1.807, 2.05) is 62.4 Å². The molecule has 0 bridgehead atoms. The van der Waals surface area contributed by atoms with E-state index in [4.69, 9.17) is 9.15 Å². The number of hydrogen-bond donors (Lipinski definition) is 2. The van der Waals surface area contributed by atoms with E-state index in [9.17, 15) is 22.8 Å². The third-order valence-corrected chi connectivity index (χ3v) is 8.83. The number of benzene rings is 3. The molecule has 0 aliphatic rings. The maximum Gasteiger partial charge on any atom is 0.408 e. The van der Waals surface area contributed by atoms with Gasteiger partial charge in [-0.05, 0) is 59.9 Å². The molecule has 47 heavy (non-hydrogen) atoms. The normalized spacial score (nSPS) is 12.2. The first-order valence-electron chi connectivity index (χ1n) is 15.2. The van der Waals surface area contributed by atoms with Gasteiger partial charge in [0, 0.05) is 29.7 Å². The number of nitrogens with zero attached hydrogens (tertiary/aromatic N) is 2. The van der Waals surface area contributed by atoms with Crippen LogP contribution in [-0.4, -0.2) is 55.2 Å². The van der Waals surface area contributed by atoms with Crippen LogP contribution in [0.1, 0.15) is 31.4 Å². The van der Waals surface area contributed by atoms with E-state index in [0.29, 0.717) is 22.1 Å². The van der Waals surface area contributed by atoms with Crippen LogP contribution >= 0.6 is 0 Å². The zero-order chi connectivity index (χ0) is 33.4. The lowest BCUT2D eigenvalue weighted by Crippen LogP contribution is -2.51. The predicted octanol–water partition coefficient (Wildman–Crippen LogP) is 5.20. The number of hydrogen-bond acceptors (Lipinski definition) is 8. The smallest absolute Gasteiger partial charge is 0.408 e. The van der Waals surface area contributed by atoms with E-state index in [1.54, 1.807) is 36.7 Å². The summed E-state index contributed by atoms with van der Waals surface area (Å²) in [4.78, 5) is 45.2. The van der Waals surface area contributed by atoms with Crippen molar-refractivity contribution in [2.24, 2.45) is 5.92 Å². The Morgan fingerprint density at radius 1 is 0.872 bits per heavy atom. The molecule has 1 atom stereocenters. The average molecular weight is 657 g/mol. The summed E-state index contributed by atoms with van der Waals surface area (Å²) >= 11 is 0. The number of ketones is 1. The molecule has 5 aromatic rings. The van der Waals surface area contributed by atoms with Crippen LogP contribution in [0.15, 0.2) is 107 Å². The molecule has 2 heterocycles. The molecule has 11 nitrogen and oxygen atoms in total. The molecule has 0 radical (unpaired) electrons. The first kappa shape index (κ1) is 33.3. The highest BCUT2D eigenvalue weighted by Gasteiger charge is 2.29. The number of Topliss-reactive ketones (excluding diaryl/α,β-unsaturated/α-hetero) is 1. The number of para-hydroxylation sites is 1. The van der Waals surface area contributed by atoms with Gasteiger partial charge in [-0.15, -0.1) is 0 Å². The number of ether oxygens (including phenoxy) is 1. The Balaban J connectivity index is 1.28. The van der Waals surface area contributed by atoms with Gasteiger partial charge in [-0.2, -0.15) is 0 Å². The molecule has 0 saturated carbocycles. The minimum atomic E-state index is -4.08. The first-order chi connectivity index (χ1) is 22.6. The quantitative estimate of drug-likeness (QED) is 0.166. The molecule has 2 amide bonds. The van der Waals surface area contributed by atoms with Crippen LogP contribution in [0.2, 0.25) is 0 Å². The Bertz CT molecular complexity index is 1960. The standard InChI is InChI=1S/C35H36N4O7S/c1-24(2)18-31(38-35(42)45-23-26-8-4-3-5-9-26)34(41)39(21-25-14-16-36-17-15-25)22-27(40)20-37-47(43,44)28-12-13-33-30(19-28)29-10-6-7-11-32(29)46-33/h3-17,19,24,31,37H,18,20-23H2,1-2H3,(H,38,42). The van der Waals surface area contributed by atoms with Crippen LogP contribution in [-0.2, 0) is 37.5 Å². The van der Waals surface area contributed by atoms with Crippen molar-refractivity contribution in [3.8, 4) is 0 Å². The van der Waals surface area contributed by atoms with Crippen LogP contribution in [0.3, 0.4) is 0 Å². The summed E-state index contributed by atoms with van der Waals surface area (Å²) in [7, 11) is -4.08. The van der Waals surface area contributed by atoms with Crippen LogP contribution < -0.4 is 10.0 Å². The number of furan rings is 1. The summed E-state index contributed by atoms with van der Waals surface area (Å²) in [6.07, 6.45) is 2.66. The van der Waals surface area contributed by atoms with Crippen LogP contribution in [0, 0.1) is 5.92 Å². The van der Waals surface area contributed by atoms with Crippen molar-refractivity contribution in [3.05, 3.63) is 108 Å². The fourth-order valence-corrected chi connectivity index (χ4v) is 6.18. The summed E-state index contributed by atoms with van der Waals surface area (Å²) in [5.41, 5.74) is 2.67. The maximum absolute atomic E-state index is 13.9. The maximum atomic E-state index is 13.9. The van der Waals surface area contributed by atoms with Gasteiger partial charge in [0.25, 0.3) is 0 Å². The molecule has 0 saturated heterocycles. The fourth-order valence-electron chi connectivity index (χ4n) is 5.14. The van der Waals surface area contributed by atoms with Crippen molar-refractivity contribution >= 4 is 49.7 Å². The Kier molecular flexibility index (Phi) is 10.6. The van der Waals surface area contributed by atoms with Gasteiger partial charge in [-0.25, -0.2) is 17.9 Å². The molecule has 0 aliphatic heterocycles. The fraction of sp³-hybridized carbons (Fsp3) is 0.257. The second kappa shape index (κ2) is 15.0. The third-order valence-electron chi connectivity index (χ3n) is 7.43. The molecule has 5 rings (SSSR count). The highest BCUT2D eigenvalue weighted by atomic mass is 32.2. The van der Waals surface area contributed by atoms with Gasteiger partial charge in [0.2, 0.25) is 15.9 Å². The minimum absolute atomic E-state index is 0.0216. The van der Waals surface area contributed by atoms with Crippen molar-refractivity contribution in [3.63, 3.8) is 0 Å². The lowest BCUT2D eigenvalue weighted by molar-refractivity contribution is -0.137. The van der Waals surface area contributed by atoms with Gasteiger partial charge >= 0.3 is 6.09 Å². The first-order valence-corrected chi connectivity index (χ1v) is 16.6. The largest absolute Gasteiger partial charge is 0.456 e. The summed E-state index contributed by atoms with van der Waals surface area (Å²) < 4.78 is 40.0. The van der Waals surface area contributed by atoms with Gasteiger partial charge in [-0.1, -0.05) is 62.4 Å². The number of sulfonamides is 1. The topological polar surface area (TPSA) is 148 Å².